The van der Waals surface area contributed by atoms with Gasteiger partial charge >= 0.3 is 0 Å². The van der Waals surface area contributed by atoms with Gasteiger partial charge in [-0.2, -0.15) is 0 Å². The standard InChI is InChI=1S/C11H25N3O/c1-2-10-7-11(13-4-6-15)9-14(8-10)5-3-12/h10-11,13,15H,2-9,12H2,1H3. The molecule has 0 spiro atoms. The predicted octanol–water partition coefficient (Wildman–Crippen LogP) is -0.372. The second-order valence-corrected chi connectivity index (χ2v) is 4.43. The zero-order valence-electron chi connectivity index (χ0n) is 9.78. The highest BCUT2D eigenvalue weighted by atomic mass is 16.3. The van der Waals surface area contributed by atoms with E-state index in [1.807, 2.05) is 0 Å². The Morgan fingerprint density at radius 2 is 2.27 bits per heavy atom. The van der Waals surface area contributed by atoms with Crippen molar-refractivity contribution in [1.29, 1.82) is 0 Å². The molecule has 1 rings (SSSR count). The van der Waals surface area contributed by atoms with Gasteiger partial charge in [0.1, 0.15) is 0 Å². The minimum absolute atomic E-state index is 0.226. The van der Waals surface area contributed by atoms with Crippen LogP contribution in [0.5, 0.6) is 0 Å². The highest BCUT2D eigenvalue weighted by Crippen LogP contribution is 2.19. The Kier molecular flexibility index (Phi) is 6.17. The SMILES string of the molecule is CCC1CC(NCCO)CN(CCN)C1. The Hall–Kier alpha value is -0.160. The molecule has 4 nitrogen and oxygen atoms in total. The molecule has 1 saturated heterocycles. The molecule has 0 radical (unpaired) electrons. The van der Waals surface area contributed by atoms with E-state index in [0.717, 1.165) is 25.6 Å². The summed E-state index contributed by atoms with van der Waals surface area (Å²) in [5.74, 6) is 0.779. The number of hydrogen-bond donors (Lipinski definition) is 3. The molecule has 0 bridgehead atoms. The van der Waals surface area contributed by atoms with E-state index in [1.54, 1.807) is 0 Å². The summed E-state index contributed by atoms with van der Waals surface area (Å²) in [6, 6.07) is 0.530. The van der Waals surface area contributed by atoms with Gasteiger partial charge in [-0.15, -0.1) is 0 Å². The summed E-state index contributed by atoms with van der Waals surface area (Å²) in [7, 11) is 0. The van der Waals surface area contributed by atoms with E-state index in [0.29, 0.717) is 12.6 Å². The number of likely N-dealkylation sites (tertiary alicyclic amines) is 1. The Morgan fingerprint density at radius 1 is 1.47 bits per heavy atom. The number of nitrogens with two attached hydrogens (primary N) is 1. The lowest BCUT2D eigenvalue weighted by molar-refractivity contribution is 0.138. The van der Waals surface area contributed by atoms with Crippen LogP contribution in [0.2, 0.25) is 0 Å². The number of rotatable bonds is 6. The number of piperidine rings is 1. The first-order valence-electron chi connectivity index (χ1n) is 6.06. The normalized spacial score (nSPS) is 28.2. The molecule has 90 valence electrons. The number of aliphatic hydroxyl groups is 1. The van der Waals surface area contributed by atoms with Crippen LogP contribution in [0.4, 0.5) is 0 Å². The van der Waals surface area contributed by atoms with Crippen molar-refractivity contribution in [3.05, 3.63) is 0 Å². The molecule has 0 aromatic carbocycles. The zero-order chi connectivity index (χ0) is 11.1. The van der Waals surface area contributed by atoms with Gasteiger partial charge in [-0.05, 0) is 12.3 Å². The van der Waals surface area contributed by atoms with E-state index in [1.165, 1.54) is 19.4 Å². The van der Waals surface area contributed by atoms with Gasteiger partial charge < -0.3 is 21.1 Å². The molecular formula is C11H25N3O. The maximum atomic E-state index is 8.79. The van der Waals surface area contributed by atoms with Crippen LogP contribution in [0, 0.1) is 5.92 Å². The molecule has 0 aromatic heterocycles. The van der Waals surface area contributed by atoms with E-state index >= 15 is 0 Å². The van der Waals surface area contributed by atoms with Gasteiger partial charge in [-0.3, -0.25) is 0 Å². The number of nitrogens with one attached hydrogen (secondary N) is 1. The first-order valence-corrected chi connectivity index (χ1v) is 6.06. The molecule has 2 atom stereocenters. The van der Waals surface area contributed by atoms with Gasteiger partial charge in [0.25, 0.3) is 0 Å². The van der Waals surface area contributed by atoms with Crippen molar-refractivity contribution in [2.24, 2.45) is 11.7 Å². The maximum Gasteiger partial charge on any atom is 0.0556 e. The third-order valence-corrected chi connectivity index (χ3v) is 3.18. The number of aliphatic hydroxyl groups excluding tert-OH is 1. The van der Waals surface area contributed by atoms with Crippen LogP contribution in [0.25, 0.3) is 0 Å². The number of nitrogens with zero attached hydrogens (tertiary/aromatic N) is 1. The van der Waals surface area contributed by atoms with E-state index in [2.05, 4.69) is 17.1 Å². The molecular weight excluding hydrogens is 190 g/mol. The Labute approximate surface area is 92.8 Å². The van der Waals surface area contributed by atoms with E-state index < -0.39 is 0 Å². The van der Waals surface area contributed by atoms with Crippen LogP contribution in [0.15, 0.2) is 0 Å². The van der Waals surface area contributed by atoms with Gasteiger partial charge in [-0.25, -0.2) is 0 Å². The summed E-state index contributed by atoms with van der Waals surface area (Å²) in [5.41, 5.74) is 5.59. The smallest absolute Gasteiger partial charge is 0.0556 e. The first-order chi connectivity index (χ1) is 7.30. The molecule has 4 heteroatoms. The third kappa shape index (κ3) is 4.47. The van der Waals surface area contributed by atoms with Crippen molar-refractivity contribution in [1.82, 2.24) is 10.2 Å². The quantitative estimate of drug-likeness (QED) is 0.566. The van der Waals surface area contributed by atoms with Crippen molar-refractivity contribution in [2.75, 3.05) is 39.3 Å². The van der Waals surface area contributed by atoms with Crippen molar-refractivity contribution < 1.29 is 5.11 Å². The lowest BCUT2D eigenvalue weighted by Gasteiger charge is -2.37. The molecule has 0 saturated carbocycles. The van der Waals surface area contributed by atoms with Gasteiger partial charge in [0.2, 0.25) is 0 Å². The average Bonchev–Trinajstić information content (AvgIpc) is 2.26. The van der Waals surface area contributed by atoms with E-state index in [-0.39, 0.29) is 6.61 Å². The van der Waals surface area contributed by atoms with Crippen LogP contribution in [0.1, 0.15) is 19.8 Å². The van der Waals surface area contributed by atoms with Crippen LogP contribution < -0.4 is 11.1 Å². The third-order valence-electron chi connectivity index (χ3n) is 3.18. The van der Waals surface area contributed by atoms with Crippen LogP contribution in [-0.2, 0) is 0 Å². The van der Waals surface area contributed by atoms with Crippen LogP contribution >= 0.6 is 0 Å². The molecule has 15 heavy (non-hydrogen) atoms. The number of hydrogen-bond acceptors (Lipinski definition) is 4. The largest absolute Gasteiger partial charge is 0.395 e. The maximum absolute atomic E-state index is 8.79. The molecule has 1 aliphatic rings. The molecule has 2 unspecified atom stereocenters. The fourth-order valence-corrected chi connectivity index (χ4v) is 2.38. The van der Waals surface area contributed by atoms with Crippen molar-refractivity contribution >= 4 is 0 Å². The molecule has 0 amide bonds. The zero-order valence-corrected chi connectivity index (χ0v) is 9.78. The summed E-state index contributed by atoms with van der Waals surface area (Å²) >= 11 is 0. The minimum Gasteiger partial charge on any atom is -0.395 e. The van der Waals surface area contributed by atoms with E-state index in [4.69, 9.17) is 10.8 Å². The Balaban J connectivity index is 2.36. The molecule has 1 aliphatic heterocycles. The molecule has 0 aromatic rings. The predicted molar refractivity (Wildman–Crippen MR) is 62.8 cm³/mol. The summed E-state index contributed by atoms with van der Waals surface area (Å²) in [5, 5.41) is 12.2. The monoisotopic (exact) mass is 215 g/mol. The topological polar surface area (TPSA) is 61.5 Å². The fraction of sp³-hybridized carbons (Fsp3) is 1.00. The Morgan fingerprint density at radius 3 is 2.87 bits per heavy atom. The second-order valence-electron chi connectivity index (χ2n) is 4.43. The van der Waals surface area contributed by atoms with Crippen LogP contribution in [0.3, 0.4) is 0 Å². The molecule has 0 aliphatic carbocycles. The van der Waals surface area contributed by atoms with Gasteiger partial charge in [0.05, 0.1) is 6.61 Å². The highest BCUT2D eigenvalue weighted by molar-refractivity contribution is 4.82. The molecule has 1 fully saturated rings. The van der Waals surface area contributed by atoms with E-state index in [9.17, 15) is 0 Å². The van der Waals surface area contributed by atoms with Crippen LogP contribution in [-0.4, -0.2) is 55.4 Å². The van der Waals surface area contributed by atoms with Gasteiger partial charge in [0, 0.05) is 38.8 Å². The van der Waals surface area contributed by atoms with Crippen molar-refractivity contribution in [3.8, 4) is 0 Å². The van der Waals surface area contributed by atoms with Gasteiger partial charge in [-0.1, -0.05) is 13.3 Å². The first kappa shape index (κ1) is 12.9. The molecule has 1 heterocycles. The summed E-state index contributed by atoms with van der Waals surface area (Å²) in [4.78, 5) is 2.44. The van der Waals surface area contributed by atoms with Crippen molar-refractivity contribution in [3.63, 3.8) is 0 Å². The minimum atomic E-state index is 0.226. The van der Waals surface area contributed by atoms with Crippen molar-refractivity contribution in [2.45, 2.75) is 25.8 Å². The highest BCUT2D eigenvalue weighted by Gasteiger charge is 2.24. The lowest BCUT2D eigenvalue weighted by Crippen LogP contribution is -2.50. The molecule has 4 N–H and O–H groups in total. The second kappa shape index (κ2) is 7.17. The summed E-state index contributed by atoms with van der Waals surface area (Å²) in [6.45, 7) is 7.18. The lowest BCUT2D eigenvalue weighted by atomic mass is 9.92. The fourth-order valence-electron chi connectivity index (χ4n) is 2.38. The summed E-state index contributed by atoms with van der Waals surface area (Å²) in [6.07, 6.45) is 2.47. The van der Waals surface area contributed by atoms with Gasteiger partial charge in [0.15, 0.2) is 0 Å². The Bertz CT molecular complexity index is 166. The average molecular weight is 215 g/mol. The summed E-state index contributed by atoms with van der Waals surface area (Å²) < 4.78 is 0.